The highest BCUT2D eigenvalue weighted by atomic mass is 28.4. The molecule has 0 aromatic heterocycles. The molecule has 0 saturated heterocycles. The fourth-order valence-corrected chi connectivity index (χ4v) is 4.60. The molecule has 0 amide bonds. The van der Waals surface area contributed by atoms with E-state index in [1.807, 2.05) is 49.4 Å². The molecule has 0 radical (unpaired) electrons. The van der Waals surface area contributed by atoms with Crippen molar-refractivity contribution >= 4 is 20.1 Å². The molecule has 2 rings (SSSR count). The number of carbonyl (C=O) groups excluding carboxylic acids is 2. The fourth-order valence-electron chi connectivity index (χ4n) is 3.56. The van der Waals surface area contributed by atoms with E-state index in [1.54, 1.807) is 12.1 Å². The lowest BCUT2D eigenvalue weighted by Gasteiger charge is -2.40. The van der Waals surface area contributed by atoms with E-state index in [0.29, 0.717) is 16.9 Å². The molecule has 0 bridgehead atoms. The standard InChI is InChI=1S/C26H36O5Si/c1-8-26(29,19-14-10-9-11-15-19)24(21(27)18-23(28)30-5)20-16-12-13-17-22(20)31-32(6,7)25(2,3)4/h9-17,24,29H,8,18H2,1-7H3. The van der Waals surface area contributed by atoms with Crippen LogP contribution in [0, 0.1) is 0 Å². The van der Waals surface area contributed by atoms with Gasteiger partial charge in [-0.3, -0.25) is 9.59 Å². The molecule has 0 spiro atoms. The number of esters is 1. The number of Topliss-reactive ketones (excluding diaryl/α,β-unsaturated/α-hetero) is 1. The molecule has 6 heteroatoms. The van der Waals surface area contributed by atoms with E-state index in [0.717, 1.165) is 0 Å². The number of rotatable bonds is 9. The SMILES string of the molecule is CCC(O)(c1ccccc1)C(C(=O)CC(=O)OC)c1ccccc1O[Si](C)(C)C(C)(C)C. The maximum Gasteiger partial charge on any atom is 0.313 e. The first-order chi connectivity index (χ1) is 14.9. The minimum Gasteiger partial charge on any atom is -0.543 e. The second-order valence-corrected chi connectivity index (χ2v) is 14.4. The van der Waals surface area contributed by atoms with Crippen LogP contribution in [0.4, 0.5) is 0 Å². The first-order valence-electron chi connectivity index (χ1n) is 11.0. The lowest BCUT2D eigenvalue weighted by molar-refractivity contribution is -0.145. The maximum atomic E-state index is 13.5. The zero-order chi connectivity index (χ0) is 24.2. The van der Waals surface area contributed by atoms with Crippen molar-refractivity contribution in [3.63, 3.8) is 0 Å². The molecule has 174 valence electrons. The van der Waals surface area contributed by atoms with E-state index >= 15 is 0 Å². The van der Waals surface area contributed by atoms with E-state index in [2.05, 4.69) is 33.9 Å². The number of carbonyl (C=O) groups is 2. The maximum absolute atomic E-state index is 13.5. The van der Waals surface area contributed by atoms with Crippen LogP contribution in [-0.2, 0) is 19.9 Å². The van der Waals surface area contributed by atoms with Crippen LogP contribution in [0.3, 0.4) is 0 Å². The molecule has 2 aromatic carbocycles. The third kappa shape index (κ3) is 5.48. The molecule has 2 aromatic rings. The van der Waals surface area contributed by atoms with Crippen LogP contribution < -0.4 is 4.43 Å². The van der Waals surface area contributed by atoms with Gasteiger partial charge in [-0.2, -0.15) is 0 Å². The van der Waals surface area contributed by atoms with Gasteiger partial charge in [-0.25, -0.2) is 0 Å². The van der Waals surface area contributed by atoms with Crippen LogP contribution in [0.1, 0.15) is 57.6 Å². The van der Waals surface area contributed by atoms with Crippen LogP contribution >= 0.6 is 0 Å². The predicted octanol–water partition coefficient (Wildman–Crippen LogP) is 5.58. The monoisotopic (exact) mass is 456 g/mol. The summed E-state index contributed by atoms with van der Waals surface area (Å²) in [4.78, 5) is 25.5. The Bertz CT molecular complexity index is 933. The summed E-state index contributed by atoms with van der Waals surface area (Å²) in [5.74, 6) is -1.45. The largest absolute Gasteiger partial charge is 0.543 e. The molecule has 2 unspecified atom stereocenters. The molecule has 5 nitrogen and oxygen atoms in total. The Kier molecular flexibility index (Phi) is 8.07. The van der Waals surface area contributed by atoms with Crippen molar-refractivity contribution in [3.05, 3.63) is 65.7 Å². The average Bonchev–Trinajstić information content (AvgIpc) is 2.74. The van der Waals surface area contributed by atoms with Gasteiger partial charge in [-0.05, 0) is 36.2 Å². The van der Waals surface area contributed by atoms with Crippen LogP contribution in [0.2, 0.25) is 18.1 Å². The molecule has 32 heavy (non-hydrogen) atoms. The molecule has 2 atom stereocenters. The first-order valence-corrected chi connectivity index (χ1v) is 13.9. The van der Waals surface area contributed by atoms with Gasteiger partial charge in [0.05, 0.1) is 13.0 Å². The van der Waals surface area contributed by atoms with Gasteiger partial charge in [0, 0.05) is 5.56 Å². The van der Waals surface area contributed by atoms with Crippen LogP contribution in [0.5, 0.6) is 5.75 Å². The summed E-state index contributed by atoms with van der Waals surface area (Å²) in [5.41, 5.74) is -0.313. The molecule has 1 N–H and O–H groups in total. The van der Waals surface area contributed by atoms with Gasteiger partial charge in [0.15, 0.2) is 5.78 Å². The van der Waals surface area contributed by atoms with Gasteiger partial charge in [0.2, 0.25) is 8.32 Å². The van der Waals surface area contributed by atoms with Gasteiger partial charge >= 0.3 is 5.97 Å². The van der Waals surface area contributed by atoms with Gasteiger partial charge in [0.1, 0.15) is 17.8 Å². The Balaban J connectivity index is 2.69. The highest BCUT2D eigenvalue weighted by Crippen LogP contribution is 2.46. The first kappa shape index (κ1) is 25.8. The van der Waals surface area contributed by atoms with Crippen molar-refractivity contribution in [2.75, 3.05) is 7.11 Å². The summed E-state index contributed by atoms with van der Waals surface area (Å²) >= 11 is 0. The van der Waals surface area contributed by atoms with E-state index in [9.17, 15) is 14.7 Å². The van der Waals surface area contributed by atoms with Crippen molar-refractivity contribution in [2.24, 2.45) is 0 Å². The van der Waals surface area contributed by atoms with Crippen molar-refractivity contribution in [1.82, 2.24) is 0 Å². The Hall–Kier alpha value is -2.44. The number of ketones is 1. The number of benzene rings is 2. The third-order valence-corrected chi connectivity index (χ3v) is 10.9. The molecule has 0 aliphatic heterocycles. The molecule has 0 fully saturated rings. The number of hydrogen-bond acceptors (Lipinski definition) is 5. The van der Waals surface area contributed by atoms with E-state index in [-0.39, 0.29) is 11.5 Å². The Morgan fingerprint density at radius 1 is 1.00 bits per heavy atom. The molecular formula is C26H36O5Si. The Morgan fingerprint density at radius 2 is 1.56 bits per heavy atom. The topological polar surface area (TPSA) is 72.8 Å². The normalized spacial score (nSPS) is 14.9. The Labute approximate surface area is 192 Å². The highest BCUT2D eigenvalue weighted by molar-refractivity contribution is 6.74. The minimum absolute atomic E-state index is 0.0495. The van der Waals surface area contributed by atoms with Crippen molar-refractivity contribution in [1.29, 1.82) is 0 Å². The van der Waals surface area contributed by atoms with Crippen LogP contribution in [0.15, 0.2) is 54.6 Å². The summed E-state index contributed by atoms with van der Waals surface area (Å²) < 4.78 is 11.3. The lowest BCUT2D eigenvalue weighted by atomic mass is 9.72. The van der Waals surface area contributed by atoms with Crippen molar-refractivity contribution in [2.45, 2.75) is 70.2 Å². The van der Waals surface area contributed by atoms with Crippen molar-refractivity contribution < 1.29 is 23.9 Å². The number of hydrogen-bond donors (Lipinski definition) is 1. The minimum atomic E-state index is -2.23. The summed E-state index contributed by atoms with van der Waals surface area (Å²) in [6.07, 6.45) is -0.145. The van der Waals surface area contributed by atoms with Crippen LogP contribution in [0.25, 0.3) is 0 Å². The number of aliphatic hydroxyl groups is 1. The summed E-state index contributed by atoms with van der Waals surface area (Å²) in [5, 5.41) is 11.9. The second-order valence-electron chi connectivity index (χ2n) is 9.70. The lowest BCUT2D eigenvalue weighted by Crippen LogP contribution is -2.45. The van der Waals surface area contributed by atoms with Crippen LogP contribution in [-0.4, -0.2) is 32.3 Å². The summed E-state index contributed by atoms with van der Waals surface area (Å²) in [6.45, 7) is 12.6. The molecule has 0 aliphatic rings. The number of para-hydroxylation sites is 1. The highest BCUT2D eigenvalue weighted by Gasteiger charge is 2.45. The third-order valence-electron chi connectivity index (χ3n) is 6.56. The fraction of sp³-hybridized carbons (Fsp3) is 0.462. The van der Waals surface area contributed by atoms with Gasteiger partial charge in [0.25, 0.3) is 0 Å². The number of ether oxygens (including phenoxy) is 1. The summed E-state index contributed by atoms with van der Waals surface area (Å²) in [7, 11) is -0.977. The molecular weight excluding hydrogens is 420 g/mol. The van der Waals surface area contributed by atoms with Gasteiger partial charge in [-0.15, -0.1) is 0 Å². The smallest absolute Gasteiger partial charge is 0.313 e. The predicted molar refractivity (Wildman–Crippen MR) is 129 cm³/mol. The Morgan fingerprint density at radius 3 is 2.09 bits per heavy atom. The van der Waals surface area contributed by atoms with E-state index < -0.39 is 38.0 Å². The quantitative estimate of drug-likeness (QED) is 0.303. The molecule has 0 heterocycles. The molecule has 0 saturated carbocycles. The zero-order valence-electron chi connectivity index (χ0n) is 20.3. The zero-order valence-corrected chi connectivity index (χ0v) is 21.3. The van der Waals surface area contributed by atoms with Crippen molar-refractivity contribution in [3.8, 4) is 5.75 Å². The second kappa shape index (κ2) is 10.0. The van der Waals surface area contributed by atoms with Gasteiger partial charge < -0.3 is 14.3 Å². The molecule has 0 aliphatic carbocycles. The average molecular weight is 457 g/mol. The van der Waals surface area contributed by atoms with Gasteiger partial charge in [-0.1, -0.05) is 76.2 Å². The van der Waals surface area contributed by atoms with E-state index in [1.165, 1.54) is 7.11 Å². The number of methoxy groups -OCH3 is 1. The van der Waals surface area contributed by atoms with E-state index in [4.69, 9.17) is 9.16 Å². The summed E-state index contributed by atoms with van der Waals surface area (Å²) in [6, 6.07) is 16.5.